The van der Waals surface area contributed by atoms with Gasteiger partial charge in [-0.2, -0.15) is 0 Å². The van der Waals surface area contributed by atoms with Crippen molar-refractivity contribution < 1.29 is 4.39 Å². The third kappa shape index (κ3) is 4.04. The van der Waals surface area contributed by atoms with E-state index in [2.05, 4.69) is 44.5 Å². The van der Waals surface area contributed by atoms with Crippen LogP contribution in [0.25, 0.3) is 0 Å². The summed E-state index contributed by atoms with van der Waals surface area (Å²) >= 11 is 0. The second-order valence-corrected chi connectivity index (χ2v) is 6.97. The van der Waals surface area contributed by atoms with Crippen LogP contribution in [0.3, 0.4) is 0 Å². The van der Waals surface area contributed by atoms with Crippen molar-refractivity contribution in [1.82, 2.24) is 30.0 Å². The van der Waals surface area contributed by atoms with Crippen molar-refractivity contribution in [3.05, 3.63) is 77.4 Å². The average Bonchev–Trinajstić information content (AvgIpc) is 3.14. The van der Waals surface area contributed by atoms with Crippen LogP contribution in [-0.2, 0) is 6.54 Å². The minimum Gasteiger partial charge on any atom is -0.304 e. The number of rotatable bonds is 5. The highest BCUT2D eigenvalue weighted by Crippen LogP contribution is 2.28. The number of piperazine rings is 1. The summed E-state index contributed by atoms with van der Waals surface area (Å²) in [6, 6.07) is 16.8. The minimum atomic E-state index is -0.240. The molecule has 0 spiro atoms. The van der Waals surface area contributed by atoms with E-state index < -0.39 is 0 Å². The van der Waals surface area contributed by atoms with Crippen LogP contribution in [0.2, 0.25) is 0 Å². The Kier molecular flexibility index (Phi) is 5.22. The molecule has 0 saturated carbocycles. The van der Waals surface area contributed by atoms with Crippen molar-refractivity contribution in [1.29, 1.82) is 0 Å². The molecule has 1 unspecified atom stereocenters. The van der Waals surface area contributed by atoms with Gasteiger partial charge in [-0.05, 0) is 40.7 Å². The molecule has 1 aliphatic heterocycles. The molecule has 2 aromatic carbocycles. The zero-order valence-electron chi connectivity index (χ0n) is 15.4. The van der Waals surface area contributed by atoms with E-state index in [0.717, 1.165) is 37.6 Å². The lowest BCUT2D eigenvalue weighted by Crippen LogP contribution is -2.46. The first-order chi connectivity index (χ1) is 13.2. The lowest BCUT2D eigenvalue weighted by atomic mass is 10.0. The molecule has 0 aliphatic carbocycles. The minimum absolute atomic E-state index is 0.00431. The Bertz CT molecular complexity index is 856. The summed E-state index contributed by atoms with van der Waals surface area (Å²) in [6.45, 7) is 4.46. The molecule has 1 saturated heterocycles. The fourth-order valence-electron chi connectivity index (χ4n) is 3.52. The van der Waals surface area contributed by atoms with Crippen molar-refractivity contribution >= 4 is 0 Å². The molecular formula is C20H23FN6. The summed E-state index contributed by atoms with van der Waals surface area (Å²) < 4.78 is 15.0. The molecule has 3 aromatic rings. The van der Waals surface area contributed by atoms with Crippen LogP contribution in [0.15, 0.2) is 54.6 Å². The first kappa shape index (κ1) is 17.8. The molecule has 4 rings (SSSR count). The zero-order valence-corrected chi connectivity index (χ0v) is 15.4. The smallest absolute Gasteiger partial charge is 0.173 e. The van der Waals surface area contributed by atoms with E-state index in [4.69, 9.17) is 0 Å². The number of nitrogens with zero attached hydrogens (tertiary/aromatic N) is 6. The second kappa shape index (κ2) is 7.94. The maximum Gasteiger partial charge on any atom is 0.173 e. The van der Waals surface area contributed by atoms with Gasteiger partial charge in [0, 0.05) is 26.2 Å². The molecular weight excluding hydrogens is 343 g/mol. The van der Waals surface area contributed by atoms with E-state index in [1.165, 1.54) is 17.7 Å². The number of tetrazole rings is 1. The summed E-state index contributed by atoms with van der Waals surface area (Å²) in [5.41, 5.74) is 2.15. The van der Waals surface area contributed by atoms with Crippen molar-refractivity contribution in [2.45, 2.75) is 12.6 Å². The van der Waals surface area contributed by atoms with E-state index in [9.17, 15) is 4.39 Å². The van der Waals surface area contributed by atoms with Crippen LogP contribution < -0.4 is 0 Å². The number of likely N-dealkylation sites (N-methyl/N-ethyl adjacent to an activating group) is 1. The van der Waals surface area contributed by atoms with Crippen LogP contribution >= 0.6 is 0 Å². The molecule has 0 bridgehead atoms. The summed E-state index contributed by atoms with van der Waals surface area (Å²) in [5.74, 6) is 0.574. The molecule has 0 N–H and O–H groups in total. The van der Waals surface area contributed by atoms with Crippen molar-refractivity contribution in [3.8, 4) is 0 Å². The monoisotopic (exact) mass is 366 g/mol. The standard InChI is InChI=1S/C20H23FN6/c1-25-11-13-26(14-12-25)19(17-5-3-2-4-6-17)20-22-23-24-27(20)15-16-7-9-18(21)10-8-16/h2-10,19H,11-15H2,1H3. The van der Waals surface area contributed by atoms with Gasteiger partial charge in [0.25, 0.3) is 0 Å². The highest BCUT2D eigenvalue weighted by molar-refractivity contribution is 5.25. The Hall–Kier alpha value is -2.64. The Morgan fingerprint density at radius 2 is 1.67 bits per heavy atom. The molecule has 27 heavy (non-hydrogen) atoms. The topological polar surface area (TPSA) is 50.1 Å². The summed E-state index contributed by atoms with van der Waals surface area (Å²) in [5, 5.41) is 12.5. The number of halogens is 1. The second-order valence-electron chi connectivity index (χ2n) is 6.97. The maximum absolute atomic E-state index is 13.2. The molecule has 1 aromatic heterocycles. The number of benzene rings is 2. The highest BCUT2D eigenvalue weighted by Gasteiger charge is 2.29. The van der Waals surface area contributed by atoms with Crippen LogP contribution in [-0.4, -0.2) is 63.2 Å². The van der Waals surface area contributed by atoms with Gasteiger partial charge >= 0.3 is 0 Å². The van der Waals surface area contributed by atoms with E-state index in [-0.39, 0.29) is 11.9 Å². The van der Waals surface area contributed by atoms with E-state index in [1.54, 1.807) is 12.1 Å². The molecule has 2 heterocycles. The van der Waals surface area contributed by atoms with Gasteiger partial charge in [0.15, 0.2) is 5.82 Å². The van der Waals surface area contributed by atoms with Gasteiger partial charge in [-0.3, -0.25) is 4.90 Å². The number of hydrogen-bond acceptors (Lipinski definition) is 5. The quantitative estimate of drug-likeness (QED) is 0.693. The van der Waals surface area contributed by atoms with Crippen LogP contribution in [0.5, 0.6) is 0 Å². The molecule has 140 valence electrons. The van der Waals surface area contributed by atoms with Crippen LogP contribution in [0.1, 0.15) is 23.0 Å². The zero-order chi connectivity index (χ0) is 18.6. The van der Waals surface area contributed by atoms with Gasteiger partial charge < -0.3 is 4.90 Å². The Labute approximate surface area is 158 Å². The SMILES string of the molecule is CN1CCN(C(c2ccccc2)c2nnnn2Cc2ccc(F)cc2)CC1. The van der Waals surface area contributed by atoms with Crippen LogP contribution in [0.4, 0.5) is 4.39 Å². The Morgan fingerprint density at radius 3 is 2.37 bits per heavy atom. The molecule has 1 aliphatic rings. The summed E-state index contributed by atoms with van der Waals surface area (Å²) in [6.07, 6.45) is 0. The highest BCUT2D eigenvalue weighted by atomic mass is 19.1. The van der Waals surface area contributed by atoms with E-state index in [0.29, 0.717) is 6.54 Å². The lowest BCUT2D eigenvalue weighted by Gasteiger charge is -2.37. The van der Waals surface area contributed by atoms with E-state index in [1.807, 2.05) is 22.9 Å². The van der Waals surface area contributed by atoms with Crippen molar-refractivity contribution in [3.63, 3.8) is 0 Å². The summed E-state index contributed by atoms with van der Waals surface area (Å²) in [4.78, 5) is 4.77. The fourth-order valence-corrected chi connectivity index (χ4v) is 3.52. The number of aromatic nitrogens is 4. The van der Waals surface area contributed by atoms with Crippen molar-refractivity contribution in [2.24, 2.45) is 0 Å². The van der Waals surface area contributed by atoms with Gasteiger partial charge in [-0.25, -0.2) is 9.07 Å². The predicted molar refractivity (Wildman–Crippen MR) is 101 cm³/mol. The van der Waals surface area contributed by atoms with Gasteiger partial charge in [-0.1, -0.05) is 42.5 Å². The van der Waals surface area contributed by atoms with Crippen molar-refractivity contribution in [2.75, 3.05) is 33.2 Å². The molecule has 1 atom stereocenters. The van der Waals surface area contributed by atoms with Crippen LogP contribution in [0, 0.1) is 5.82 Å². The average molecular weight is 366 g/mol. The van der Waals surface area contributed by atoms with Gasteiger partial charge in [0.1, 0.15) is 5.82 Å². The van der Waals surface area contributed by atoms with Gasteiger partial charge in [-0.15, -0.1) is 5.10 Å². The normalized spacial score (nSPS) is 17.1. The molecule has 0 radical (unpaired) electrons. The molecule has 1 fully saturated rings. The predicted octanol–water partition coefficient (Wildman–Crippen LogP) is 2.20. The molecule has 6 nitrogen and oxygen atoms in total. The Balaban J connectivity index is 1.66. The third-order valence-corrected chi connectivity index (χ3v) is 5.07. The Morgan fingerprint density at radius 1 is 0.963 bits per heavy atom. The molecule has 7 heteroatoms. The summed E-state index contributed by atoms with van der Waals surface area (Å²) in [7, 11) is 2.15. The van der Waals surface area contributed by atoms with Gasteiger partial charge in [0.05, 0.1) is 12.6 Å². The third-order valence-electron chi connectivity index (χ3n) is 5.07. The maximum atomic E-state index is 13.2. The largest absolute Gasteiger partial charge is 0.304 e. The lowest BCUT2D eigenvalue weighted by molar-refractivity contribution is 0.121. The first-order valence-corrected chi connectivity index (χ1v) is 9.19. The number of hydrogen-bond donors (Lipinski definition) is 0. The fraction of sp³-hybridized carbons (Fsp3) is 0.350. The molecule has 0 amide bonds. The van der Waals surface area contributed by atoms with E-state index >= 15 is 0 Å². The first-order valence-electron chi connectivity index (χ1n) is 9.19. The van der Waals surface area contributed by atoms with Gasteiger partial charge in [0.2, 0.25) is 0 Å².